The van der Waals surface area contributed by atoms with Crippen LogP contribution in [0.2, 0.25) is 10.0 Å². The lowest BCUT2D eigenvalue weighted by molar-refractivity contribution is -0.144. The van der Waals surface area contributed by atoms with E-state index in [-0.39, 0.29) is 18.1 Å². The van der Waals surface area contributed by atoms with E-state index in [1.165, 1.54) is 24.5 Å². The Kier molecular flexibility index (Phi) is 6.11. The third-order valence-electron chi connectivity index (χ3n) is 3.92. The number of piperazine rings is 1. The van der Waals surface area contributed by atoms with Crippen LogP contribution in [0.5, 0.6) is 0 Å². The Hall–Kier alpha value is -0.900. The highest BCUT2D eigenvalue weighted by atomic mass is 35.5. The molecule has 0 aliphatic carbocycles. The molecule has 1 N–H and O–H groups in total. The zero-order valence-corrected chi connectivity index (χ0v) is 15.6. The van der Waals surface area contributed by atoms with Gasteiger partial charge >= 0.3 is 5.97 Å². The lowest BCUT2D eigenvalue weighted by atomic mass is 10.0. The van der Waals surface area contributed by atoms with Gasteiger partial charge in [0, 0.05) is 40.3 Å². The smallest absolute Gasteiger partial charge is 0.325 e. The molecular weight excluding hydrogens is 377 g/mol. The quantitative estimate of drug-likeness (QED) is 0.817. The fourth-order valence-corrected chi connectivity index (χ4v) is 4.01. The van der Waals surface area contributed by atoms with Gasteiger partial charge in [0.2, 0.25) is 0 Å². The fraction of sp³-hybridized carbons (Fsp3) is 0.500. The Balaban J connectivity index is 2.18. The average Bonchev–Trinajstić information content (AvgIpc) is 2.51. The fourth-order valence-electron chi connectivity index (χ4n) is 2.62. The first-order chi connectivity index (χ1) is 11.1. The standard InChI is InChI=1S/C14H19Cl2N3O4S/c1-17(2)24(22,23)19-7-5-18(6-8-19)13(14(20)21)10-3-4-11(15)12(16)9-10/h3-4,9,13H,5-8H2,1-2H3,(H,20,21). The van der Waals surface area contributed by atoms with Crippen molar-refractivity contribution in [3.05, 3.63) is 33.8 Å². The maximum Gasteiger partial charge on any atom is 0.325 e. The third-order valence-corrected chi connectivity index (χ3v) is 6.60. The summed E-state index contributed by atoms with van der Waals surface area (Å²) < 4.78 is 26.8. The Morgan fingerprint density at radius 3 is 2.21 bits per heavy atom. The number of carbonyl (C=O) groups is 1. The molecular formula is C14H19Cl2N3O4S. The normalized spacial score (nSPS) is 18.7. The van der Waals surface area contributed by atoms with Crippen LogP contribution in [0.1, 0.15) is 11.6 Å². The van der Waals surface area contributed by atoms with Crippen LogP contribution in [-0.4, -0.2) is 73.3 Å². The van der Waals surface area contributed by atoms with Crippen molar-refractivity contribution in [1.82, 2.24) is 13.5 Å². The molecule has 1 aliphatic heterocycles. The second-order valence-corrected chi connectivity index (χ2v) is 8.60. The maximum absolute atomic E-state index is 12.1. The Labute approximate surface area is 151 Å². The Morgan fingerprint density at radius 1 is 1.17 bits per heavy atom. The molecule has 0 spiro atoms. The molecule has 1 unspecified atom stereocenters. The van der Waals surface area contributed by atoms with E-state index in [4.69, 9.17) is 23.2 Å². The molecule has 10 heteroatoms. The molecule has 0 amide bonds. The number of carboxylic acid groups (broad SMARTS) is 1. The molecule has 1 atom stereocenters. The second kappa shape index (κ2) is 7.55. The van der Waals surface area contributed by atoms with E-state index in [2.05, 4.69) is 0 Å². The largest absolute Gasteiger partial charge is 0.480 e. The molecule has 0 aromatic heterocycles. The van der Waals surface area contributed by atoms with Crippen LogP contribution >= 0.6 is 23.2 Å². The van der Waals surface area contributed by atoms with E-state index in [9.17, 15) is 18.3 Å². The van der Waals surface area contributed by atoms with E-state index >= 15 is 0 Å². The number of hydrogen-bond donors (Lipinski definition) is 1. The molecule has 7 nitrogen and oxygen atoms in total. The van der Waals surface area contributed by atoms with Crippen LogP contribution < -0.4 is 0 Å². The number of aliphatic carboxylic acids is 1. The number of nitrogens with zero attached hydrogens (tertiary/aromatic N) is 3. The number of carboxylic acids is 1. The molecule has 1 saturated heterocycles. The molecule has 1 fully saturated rings. The molecule has 0 radical (unpaired) electrons. The molecule has 0 bridgehead atoms. The summed E-state index contributed by atoms with van der Waals surface area (Å²) >= 11 is 11.9. The summed E-state index contributed by atoms with van der Waals surface area (Å²) in [6.45, 7) is 1.08. The first-order valence-corrected chi connectivity index (χ1v) is 9.39. The first-order valence-electron chi connectivity index (χ1n) is 7.24. The van der Waals surface area contributed by atoms with Crippen molar-refractivity contribution in [3.63, 3.8) is 0 Å². The van der Waals surface area contributed by atoms with Crippen LogP contribution in [0.3, 0.4) is 0 Å². The summed E-state index contributed by atoms with van der Waals surface area (Å²) in [5.74, 6) is -1.02. The van der Waals surface area contributed by atoms with Gasteiger partial charge < -0.3 is 5.11 Å². The van der Waals surface area contributed by atoms with Crippen molar-refractivity contribution in [3.8, 4) is 0 Å². The van der Waals surface area contributed by atoms with Crippen LogP contribution in [0.15, 0.2) is 18.2 Å². The van der Waals surface area contributed by atoms with Gasteiger partial charge in [-0.2, -0.15) is 17.0 Å². The first kappa shape index (κ1) is 19.4. The van der Waals surface area contributed by atoms with E-state index in [0.717, 1.165) is 4.31 Å². The summed E-state index contributed by atoms with van der Waals surface area (Å²) in [6.07, 6.45) is 0. The molecule has 0 saturated carbocycles. The second-order valence-electron chi connectivity index (χ2n) is 5.64. The molecule has 1 aromatic carbocycles. The van der Waals surface area contributed by atoms with Gasteiger partial charge in [0.25, 0.3) is 10.2 Å². The summed E-state index contributed by atoms with van der Waals surface area (Å²) in [6, 6.07) is 3.81. The van der Waals surface area contributed by atoms with Crippen LogP contribution in [0.4, 0.5) is 0 Å². The van der Waals surface area contributed by atoms with Crippen molar-refractivity contribution in [2.45, 2.75) is 6.04 Å². The maximum atomic E-state index is 12.1. The minimum Gasteiger partial charge on any atom is -0.480 e. The number of benzene rings is 1. The van der Waals surface area contributed by atoms with Gasteiger partial charge in [-0.15, -0.1) is 0 Å². The lowest BCUT2D eigenvalue weighted by Gasteiger charge is -2.38. The highest BCUT2D eigenvalue weighted by Gasteiger charge is 2.34. The van der Waals surface area contributed by atoms with E-state index in [0.29, 0.717) is 23.7 Å². The predicted octanol–water partition coefficient (Wildman–Crippen LogP) is 1.54. The van der Waals surface area contributed by atoms with Gasteiger partial charge in [0.15, 0.2) is 0 Å². The van der Waals surface area contributed by atoms with Gasteiger partial charge in [-0.25, -0.2) is 0 Å². The highest BCUT2D eigenvalue weighted by Crippen LogP contribution is 2.29. The highest BCUT2D eigenvalue weighted by molar-refractivity contribution is 7.86. The molecule has 1 heterocycles. The Bertz CT molecular complexity index is 719. The molecule has 134 valence electrons. The zero-order valence-electron chi connectivity index (χ0n) is 13.3. The minimum atomic E-state index is -3.49. The summed E-state index contributed by atoms with van der Waals surface area (Å²) in [5.41, 5.74) is 0.515. The lowest BCUT2D eigenvalue weighted by Crippen LogP contribution is -2.53. The Morgan fingerprint density at radius 2 is 1.75 bits per heavy atom. The van der Waals surface area contributed by atoms with Crippen molar-refractivity contribution in [2.24, 2.45) is 0 Å². The number of hydrogen-bond acceptors (Lipinski definition) is 4. The van der Waals surface area contributed by atoms with E-state index in [1.54, 1.807) is 17.0 Å². The third kappa shape index (κ3) is 4.01. The van der Waals surface area contributed by atoms with Crippen molar-refractivity contribution in [2.75, 3.05) is 40.3 Å². The molecule has 1 aliphatic rings. The van der Waals surface area contributed by atoms with Crippen LogP contribution in [0, 0.1) is 0 Å². The van der Waals surface area contributed by atoms with Crippen molar-refractivity contribution < 1.29 is 18.3 Å². The number of rotatable bonds is 5. The predicted molar refractivity (Wildman–Crippen MR) is 92.6 cm³/mol. The number of halogens is 2. The van der Waals surface area contributed by atoms with Gasteiger partial charge in [-0.05, 0) is 17.7 Å². The monoisotopic (exact) mass is 395 g/mol. The van der Waals surface area contributed by atoms with Gasteiger partial charge in [-0.3, -0.25) is 9.69 Å². The van der Waals surface area contributed by atoms with Gasteiger partial charge in [0.05, 0.1) is 10.0 Å². The SMILES string of the molecule is CN(C)S(=O)(=O)N1CCN(C(C(=O)O)c2ccc(Cl)c(Cl)c2)CC1. The van der Waals surface area contributed by atoms with Crippen LogP contribution in [0.25, 0.3) is 0 Å². The average molecular weight is 396 g/mol. The van der Waals surface area contributed by atoms with Gasteiger partial charge in [0.1, 0.15) is 6.04 Å². The van der Waals surface area contributed by atoms with Crippen molar-refractivity contribution >= 4 is 39.4 Å². The van der Waals surface area contributed by atoms with E-state index in [1.807, 2.05) is 0 Å². The molecule has 1 aromatic rings. The van der Waals surface area contributed by atoms with Crippen LogP contribution in [-0.2, 0) is 15.0 Å². The van der Waals surface area contributed by atoms with E-state index < -0.39 is 22.2 Å². The summed E-state index contributed by atoms with van der Waals surface area (Å²) in [4.78, 5) is 13.5. The minimum absolute atomic E-state index is 0.228. The zero-order chi connectivity index (χ0) is 18.1. The topological polar surface area (TPSA) is 81.2 Å². The molecule has 24 heavy (non-hydrogen) atoms. The summed E-state index contributed by atoms with van der Waals surface area (Å²) in [7, 11) is -0.553. The molecule has 2 rings (SSSR count). The van der Waals surface area contributed by atoms with Crippen molar-refractivity contribution in [1.29, 1.82) is 0 Å². The van der Waals surface area contributed by atoms with Gasteiger partial charge in [-0.1, -0.05) is 29.3 Å². The summed E-state index contributed by atoms with van der Waals surface area (Å²) in [5, 5.41) is 10.2.